The highest BCUT2D eigenvalue weighted by molar-refractivity contribution is 6.33. The Balaban J connectivity index is 2.05. The number of rotatable bonds is 9. The minimum absolute atomic E-state index is 0.000676. The van der Waals surface area contributed by atoms with Gasteiger partial charge in [-0.2, -0.15) is 4.98 Å². The quantitative estimate of drug-likeness (QED) is 0.366. The summed E-state index contributed by atoms with van der Waals surface area (Å²) < 4.78 is 12.0. The Morgan fingerprint density at radius 3 is 2.31 bits per heavy atom. The van der Waals surface area contributed by atoms with Crippen molar-refractivity contribution in [2.75, 3.05) is 12.4 Å². The first kappa shape index (κ1) is 25.4. The number of nitrogens with zero attached hydrogens (tertiary/aromatic N) is 3. The number of methoxy groups -OCH3 is 1. The fourth-order valence-corrected chi connectivity index (χ4v) is 3.34. The monoisotopic (exact) mass is 480 g/mol. The van der Waals surface area contributed by atoms with Crippen molar-refractivity contribution >= 4 is 23.4 Å². The summed E-state index contributed by atoms with van der Waals surface area (Å²) in [6.45, 7) is 6.99. The zero-order valence-corrected chi connectivity index (χ0v) is 20.3. The average Bonchev–Trinajstić information content (AvgIpc) is 2.81. The zero-order valence-electron chi connectivity index (χ0n) is 20.3. The number of anilines is 2. The molecule has 1 N–H and O–H groups in total. The van der Waals surface area contributed by atoms with Crippen molar-refractivity contribution < 1.29 is 19.1 Å². The molecule has 0 fully saturated rings. The van der Waals surface area contributed by atoms with Gasteiger partial charge in [0.2, 0.25) is 5.95 Å². The van der Waals surface area contributed by atoms with Crippen LogP contribution in [0.5, 0.6) is 5.75 Å². The third-order valence-corrected chi connectivity index (χ3v) is 5.12. The average molecular weight is 481 g/mol. The summed E-state index contributed by atoms with van der Waals surface area (Å²) >= 11 is 0. The smallest absolute Gasteiger partial charge is 0.376 e. The Labute approximate surface area is 202 Å². The van der Waals surface area contributed by atoms with Gasteiger partial charge in [0.1, 0.15) is 12.3 Å². The number of aryl methyl sites for hydroxylation is 2. The second-order valence-corrected chi connectivity index (χ2v) is 8.35. The molecule has 10 nitrogen and oxygen atoms in total. The number of carbonyl (C=O) groups excluding carboxylic acids is 2. The van der Waals surface area contributed by atoms with Crippen LogP contribution in [0.2, 0.25) is 0 Å². The van der Waals surface area contributed by atoms with Crippen LogP contribution in [0, 0.1) is 13.8 Å². The number of aromatic nitrogens is 3. The molecule has 1 aromatic heterocycles. The lowest BCUT2D eigenvalue weighted by molar-refractivity contribution is -0.152. The Bertz CT molecular complexity index is 1360. The van der Waals surface area contributed by atoms with E-state index in [9.17, 15) is 19.2 Å². The van der Waals surface area contributed by atoms with Crippen LogP contribution in [0.25, 0.3) is 0 Å². The van der Waals surface area contributed by atoms with Gasteiger partial charge in [-0.05, 0) is 57.0 Å². The molecule has 2 aromatic carbocycles. The molecule has 0 spiro atoms. The molecule has 0 aliphatic rings. The molecule has 184 valence electrons. The second kappa shape index (κ2) is 10.8. The molecule has 35 heavy (non-hydrogen) atoms. The fourth-order valence-electron chi connectivity index (χ4n) is 3.34. The maximum Gasteiger partial charge on any atom is 0.376 e. The number of carbonyl (C=O) groups is 2. The summed E-state index contributed by atoms with van der Waals surface area (Å²) in [6, 6.07) is 12.8. The number of hydrogen-bond donors (Lipinski definition) is 1. The number of benzene rings is 2. The Kier molecular flexibility index (Phi) is 7.85. The van der Waals surface area contributed by atoms with Crippen molar-refractivity contribution in [2.45, 2.75) is 46.9 Å². The number of ether oxygens (including phenoxy) is 2. The summed E-state index contributed by atoms with van der Waals surface area (Å²) in [6.07, 6.45) is 0.00848. The summed E-state index contributed by atoms with van der Waals surface area (Å²) in [4.78, 5) is 53.5. The highest BCUT2D eigenvalue weighted by Crippen LogP contribution is 2.24. The molecule has 0 saturated heterocycles. The van der Waals surface area contributed by atoms with E-state index in [0.29, 0.717) is 16.0 Å². The van der Waals surface area contributed by atoms with Crippen LogP contribution in [-0.2, 0) is 27.4 Å². The van der Waals surface area contributed by atoms with Crippen molar-refractivity contribution in [1.82, 2.24) is 14.1 Å². The largest absolute Gasteiger partial charge is 0.491 e. The van der Waals surface area contributed by atoms with Crippen LogP contribution < -0.4 is 21.4 Å². The number of ketones is 1. The predicted octanol–water partition coefficient (Wildman–Crippen LogP) is 2.34. The molecule has 10 heteroatoms. The maximum absolute atomic E-state index is 13.3. The van der Waals surface area contributed by atoms with Gasteiger partial charge in [-0.1, -0.05) is 29.8 Å². The Hall–Kier alpha value is -4.21. The molecule has 0 unspecified atom stereocenters. The van der Waals surface area contributed by atoms with Gasteiger partial charge < -0.3 is 14.8 Å². The molecule has 0 aliphatic heterocycles. The zero-order chi connectivity index (χ0) is 25.7. The first-order valence-corrected chi connectivity index (χ1v) is 11.0. The molecule has 3 rings (SSSR count). The van der Waals surface area contributed by atoms with Gasteiger partial charge in [0.05, 0.1) is 19.8 Å². The highest BCUT2D eigenvalue weighted by atomic mass is 16.5. The lowest BCUT2D eigenvalue weighted by Gasteiger charge is -2.17. The summed E-state index contributed by atoms with van der Waals surface area (Å²) in [5, 5.41) is 3.03. The number of nitrogens with one attached hydrogen (secondary N) is 1. The molecule has 0 aliphatic carbocycles. The maximum atomic E-state index is 13.3. The Morgan fingerprint density at radius 2 is 1.71 bits per heavy atom. The normalized spacial score (nSPS) is 10.8. The van der Waals surface area contributed by atoms with Crippen molar-refractivity contribution in [3.05, 3.63) is 80.1 Å². The van der Waals surface area contributed by atoms with Gasteiger partial charge in [0.15, 0.2) is 0 Å². The van der Waals surface area contributed by atoms with Crippen molar-refractivity contribution in [3.8, 4) is 5.75 Å². The molecule has 0 radical (unpaired) electrons. The third kappa shape index (κ3) is 6.23. The van der Waals surface area contributed by atoms with E-state index in [2.05, 4.69) is 15.0 Å². The van der Waals surface area contributed by atoms with Crippen LogP contribution in [-0.4, -0.2) is 39.1 Å². The lowest BCUT2D eigenvalue weighted by atomic mass is 10.1. The third-order valence-electron chi connectivity index (χ3n) is 5.12. The van der Waals surface area contributed by atoms with Gasteiger partial charge in [0, 0.05) is 5.69 Å². The molecule has 0 atom stereocenters. The van der Waals surface area contributed by atoms with Gasteiger partial charge in [-0.15, -0.1) is 0 Å². The van der Waals surface area contributed by atoms with Crippen molar-refractivity contribution in [2.24, 2.45) is 0 Å². The van der Waals surface area contributed by atoms with Crippen LogP contribution in [0.4, 0.5) is 11.6 Å². The van der Waals surface area contributed by atoms with E-state index in [-0.39, 0.29) is 18.6 Å². The minimum atomic E-state index is -1.15. The van der Waals surface area contributed by atoms with Gasteiger partial charge >= 0.3 is 17.3 Å². The Morgan fingerprint density at radius 1 is 1.03 bits per heavy atom. The summed E-state index contributed by atoms with van der Waals surface area (Å²) in [5.41, 5.74) is 1.52. The topological polar surface area (TPSA) is 122 Å². The summed E-state index contributed by atoms with van der Waals surface area (Å²) in [5.74, 6) is -1.47. The van der Waals surface area contributed by atoms with E-state index >= 15 is 0 Å². The molecular formula is C25H28N4O6. The van der Waals surface area contributed by atoms with Crippen molar-refractivity contribution in [3.63, 3.8) is 0 Å². The molecule has 0 amide bonds. The number of esters is 1. The van der Waals surface area contributed by atoms with E-state index in [1.165, 1.54) is 4.57 Å². The van der Waals surface area contributed by atoms with Crippen LogP contribution in [0.1, 0.15) is 30.5 Å². The number of hydrogen-bond acceptors (Lipinski definition) is 8. The van der Waals surface area contributed by atoms with E-state index in [1.807, 2.05) is 58.0 Å². The standard InChI is InChI=1S/C25H28N4O6/c1-15(2)35-21-11-10-19(12-17(21)4)26-23-27-24(32)29(14-20(30)22(31)34-5)25(33)28(23)13-18-8-6-16(3)7-9-18/h6-12,15H,13-14H2,1-5H3,(H,26,27,32). The predicted molar refractivity (Wildman–Crippen MR) is 130 cm³/mol. The minimum Gasteiger partial charge on any atom is -0.491 e. The van der Waals surface area contributed by atoms with Gasteiger partial charge in [-0.3, -0.25) is 9.36 Å². The first-order chi connectivity index (χ1) is 16.6. The first-order valence-electron chi connectivity index (χ1n) is 11.0. The van der Waals surface area contributed by atoms with Crippen LogP contribution in [0.15, 0.2) is 52.1 Å². The van der Waals surface area contributed by atoms with Crippen LogP contribution in [0.3, 0.4) is 0 Å². The highest BCUT2D eigenvalue weighted by Gasteiger charge is 2.20. The second-order valence-electron chi connectivity index (χ2n) is 8.35. The molecule has 3 aromatic rings. The molecular weight excluding hydrogens is 452 g/mol. The van der Waals surface area contributed by atoms with E-state index < -0.39 is 29.7 Å². The molecule has 0 bridgehead atoms. The fraction of sp³-hybridized carbons (Fsp3) is 0.320. The van der Waals surface area contributed by atoms with E-state index in [1.54, 1.807) is 12.1 Å². The van der Waals surface area contributed by atoms with E-state index in [4.69, 9.17) is 4.74 Å². The summed E-state index contributed by atoms with van der Waals surface area (Å²) in [7, 11) is 1.05. The van der Waals surface area contributed by atoms with Crippen LogP contribution >= 0.6 is 0 Å². The van der Waals surface area contributed by atoms with E-state index in [0.717, 1.165) is 23.8 Å². The number of Topliss-reactive ketones (excluding diaryl/α,β-unsaturated/α-hetero) is 1. The molecule has 0 saturated carbocycles. The molecule has 1 heterocycles. The van der Waals surface area contributed by atoms with Gasteiger partial charge in [-0.25, -0.2) is 19.0 Å². The lowest BCUT2D eigenvalue weighted by Crippen LogP contribution is -2.45. The van der Waals surface area contributed by atoms with Gasteiger partial charge in [0.25, 0.3) is 5.78 Å². The SMILES string of the molecule is COC(=O)C(=O)Cn1c(=O)nc(Nc2ccc(OC(C)C)c(C)c2)n(Cc2ccc(C)cc2)c1=O. The van der Waals surface area contributed by atoms with Crippen molar-refractivity contribution in [1.29, 1.82) is 0 Å².